The van der Waals surface area contributed by atoms with E-state index in [1.54, 1.807) is 12.0 Å². The number of hydrogen-bond donors (Lipinski definition) is 0. The van der Waals surface area contributed by atoms with Crippen molar-refractivity contribution in [1.29, 1.82) is 0 Å². The molecule has 23 heavy (non-hydrogen) atoms. The highest BCUT2D eigenvalue weighted by atomic mass is 19.1. The van der Waals surface area contributed by atoms with Crippen LogP contribution in [0.3, 0.4) is 0 Å². The van der Waals surface area contributed by atoms with E-state index < -0.39 is 11.6 Å². The Morgan fingerprint density at radius 2 is 2.04 bits per heavy atom. The number of hydrogen-bond acceptors (Lipinski definition) is 3. The van der Waals surface area contributed by atoms with E-state index in [4.69, 9.17) is 4.74 Å². The van der Waals surface area contributed by atoms with E-state index in [0.29, 0.717) is 25.6 Å². The molecule has 1 aromatic carbocycles. The minimum Gasteiger partial charge on any atom is -0.384 e. The molecule has 0 N–H and O–H groups in total. The van der Waals surface area contributed by atoms with Crippen LogP contribution in [0.4, 0.5) is 8.78 Å². The number of benzene rings is 1. The Labute approximate surface area is 136 Å². The van der Waals surface area contributed by atoms with Crippen molar-refractivity contribution >= 4 is 5.91 Å². The molecule has 0 aliphatic carbocycles. The molecule has 0 aromatic heterocycles. The fraction of sp³-hybridized carbons (Fsp3) is 0.588. The van der Waals surface area contributed by atoms with Gasteiger partial charge in [-0.05, 0) is 31.0 Å². The maximum absolute atomic E-state index is 13.8. The average Bonchev–Trinajstić information content (AvgIpc) is 2.72. The largest absolute Gasteiger partial charge is 0.384 e. The SMILES string of the molecule is COCC(C)CN1CCCN(C(=O)c2ccc(F)cc2F)CC1. The third-order valence-electron chi connectivity index (χ3n) is 4.06. The molecule has 1 aliphatic heterocycles. The Balaban J connectivity index is 1.95. The van der Waals surface area contributed by atoms with Crippen LogP contribution >= 0.6 is 0 Å². The summed E-state index contributed by atoms with van der Waals surface area (Å²) in [6.45, 7) is 6.55. The van der Waals surface area contributed by atoms with Gasteiger partial charge in [0.1, 0.15) is 11.6 Å². The predicted molar refractivity (Wildman–Crippen MR) is 84.4 cm³/mol. The third-order valence-corrected chi connectivity index (χ3v) is 4.06. The second kappa shape index (κ2) is 8.36. The van der Waals surface area contributed by atoms with Gasteiger partial charge >= 0.3 is 0 Å². The molecule has 0 radical (unpaired) electrons. The summed E-state index contributed by atoms with van der Waals surface area (Å²) < 4.78 is 31.9. The van der Waals surface area contributed by atoms with E-state index in [1.807, 2.05) is 0 Å². The second-order valence-electron chi connectivity index (χ2n) is 6.13. The van der Waals surface area contributed by atoms with Gasteiger partial charge < -0.3 is 14.5 Å². The number of ether oxygens (including phenoxy) is 1. The molecular formula is C17H24F2N2O2. The van der Waals surface area contributed by atoms with E-state index in [1.165, 1.54) is 6.07 Å². The highest BCUT2D eigenvalue weighted by Gasteiger charge is 2.23. The average molecular weight is 326 g/mol. The second-order valence-corrected chi connectivity index (χ2v) is 6.13. The first kappa shape index (κ1) is 17.8. The number of methoxy groups -OCH3 is 1. The van der Waals surface area contributed by atoms with Gasteiger partial charge in [0.05, 0.1) is 5.56 Å². The minimum atomic E-state index is -0.801. The standard InChI is InChI=1S/C17H24F2N2O2/c1-13(12-23-2)11-20-6-3-7-21(9-8-20)17(22)15-5-4-14(18)10-16(15)19/h4-5,10,13H,3,6-9,11-12H2,1-2H3. The van der Waals surface area contributed by atoms with Gasteiger partial charge in [-0.3, -0.25) is 4.79 Å². The lowest BCUT2D eigenvalue weighted by Gasteiger charge is -2.24. The zero-order chi connectivity index (χ0) is 16.8. The molecule has 1 amide bonds. The van der Waals surface area contributed by atoms with Crippen molar-refractivity contribution in [1.82, 2.24) is 9.80 Å². The minimum absolute atomic E-state index is 0.0624. The molecule has 0 spiro atoms. The maximum atomic E-state index is 13.8. The number of amides is 1. The van der Waals surface area contributed by atoms with Gasteiger partial charge in [-0.1, -0.05) is 6.92 Å². The molecule has 4 nitrogen and oxygen atoms in total. The molecule has 1 heterocycles. The molecule has 1 saturated heterocycles. The molecule has 6 heteroatoms. The fourth-order valence-electron chi connectivity index (χ4n) is 2.97. The van der Waals surface area contributed by atoms with E-state index in [-0.39, 0.29) is 11.5 Å². The summed E-state index contributed by atoms with van der Waals surface area (Å²) in [5.74, 6) is -1.41. The van der Waals surface area contributed by atoms with Crippen molar-refractivity contribution in [2.24, 2.45) is 5.92 Å². The highest BCUT2D eigenvalue weighted by Crippen LogP contribution is 2.14. The van der Waals surface area contributed by atoms with Gasteiger partial charge in [-0.25, -0.2) is 8.78 Å². The quantitative estimate of drug-likeness (QED) is 0.833. The third kappa shape index (κ3) is 4.97. The first-order chi connectivity index (χ1) is 11.0. The van der Waals surface area contributed by atoms with E-state index in [0.717, 1.165) is 38.2 Å². The summed E-state index contributed by atoms with van der Waals surface area (Å²) in [4.78, 5) is 16.4. The van der Waals surface area contributed by atoms with E-state index in [9.17, 15) is 13.6 Å². The molecular weight excluding hydrogens is 302 g/mol. The number of nitrogens with zero attached hydrogens (tertiary/aromatic N) is 2. The molecule has 1 aromatic rings. The lowest BCUT2D eigenvalue weighted by Crippen LogP contribution is -2.37. The van der Waals surface area contributed by atoms with Gasteiger partial charge in [-0.2, -0.15) is 0 Å². The number of carbonyl (C=O) groups is 1. The van der Waals surface area contributed by atoms with E-state index >= 15 is 0 Å². The summed E-state index contributed by atoms with van der Waals surface area (Å²) in [6.07, 6.45) is 0.842. The van der Waals surface area contributed by atoms with Crippen molar-refractivity contribution in [3.05, 3.63) is 35.4 Å². The van der Waals surface area contributed by atoms with E-state index in [2.05, 4.69) is 11.8 Å². The topological polar surface area (TPSA) is 32.8 Å². The smallest absolute Gasteiger partial charge is 0.256 e. The molecule has 2 rings (SSSR count). The molecule has 1 unspecified atom stereocenters. The van der Waals surface area contributed by atoms with Crippen LogP contribution in [0.25, 0.3) is 0 Å². The molecule has 0 saturated carbocycles. The van der Waals surface area contributed by atoms with Gasteiger partial charge in [0.25, 0.3) is 5.91 Å². The van der Waals surface area contributed by atoms with Crippen molar-refractivity contribution in [3.8, 4) is 0 Å². The van der Waals surface area contributed by atoms with Crippen molar-refractivity contribution < 1.29 is 18.3 Å². The zero-order valence-electron chi connectivity index (χ0n) is 13.7. The van der Waals surface area contributed by atoms with Crippen LogP contribution in [0.2, 0.25) is 0 Å². The number of rotatable bonds is 5. The Kier molecular flexibility index (Phi) is 6.47. The van der Waals surface area contributed by atoms with Crippen LogP contribution in [0, 0.1) is 17.6 Å². The molecule has 128 valence electrons. The lowest BCUT2D eigenvalue weighted by molar-refractivity contribution is 0.0753. The van der Waals surface area contributed by atoms with Gasteiger partial charge in [-0.15, -0.1) is 0 Å². The summed E-state index contributed by atoms with van der Waals surface area (Å²) in [6, 6.07) is 3.09. The van der Waals surface area contributed by atoms with Crippen LogP contribution in [0.15, 0.2) is 18.2 Å². The first-order valence-corrected chi connectivity index (χ1v) is 7.97. The predicted octanol–water partition coefficient (Wildman–Crippen LogP) is 2.40. The summed E-state index contributed by atoms with van der Waals surface area (Å²) in [5.41, 5.74) is -0.0624. The van der Waals surface area contributed by atoms with Crippen LogP contribution in [-0.2, 0) is 4.74 Å². The van der Waals surface area contributed by atoms with Crippen LogP contribution in [-0.4, -0.2) is 62.1 Å². The summed E-state index contributed by atoms with van der Waals surface area (Å²) >= 11 is 0. The Hall–Kier alpha value is -1.53. The first-order valence-electron chi connectivity index (χ1n) is 7.97. The normalized spacial score (nSPS) is 17.8. The van der Waals surface area contributed by atoms with Crippen LogP contribution in [0.1, 0.15) is 23.7 Å². The fourth-order valence-corrected chi connectivity index (χ4v) is 2.97. The molecule has 1 aliphatic rings. The van der Waals surface area contributed by atoms with Gasteiger partial charge in [0.15, 0.2) is 0 Å². The molecule has 1 atom stereocenters. The van der Waals surface area contributed by atoms with Crippen molar-refractivity contribution in [3.63, 3.8) is 0 Å². The molecule has 0 bridgehead atoms. The van der Waals surface area contributed by atoms with Crippen molar-refractivity contribution in [2.45, 2.75) is 13.3 Å². The van der Waals surface area contributed by atoms with Gasteiger partial charge in [0, 0.05) is 46.0 Å². The van der Waals surface area contributed by atoms with Crippen molar-refractivity contribution in [2.75, 3.05) is 46.4 Å². The number of carbonyl (C=O) groups excluding carboxylic acids is 1. The Morgan fingerprint density at radius 3 is 2.74 bits per heavy atom. The molecule has 1 fully saturated rings. The highest BCUT2D eigenvalue weighted by molar-refractivity contribution is 5.94. The van der Waals surface area contributed by atoms with Crippen LogP contribution in [0.5, 0.6) is 0 Å². The Bertz CT molecular complexity index is 539. The van der Waals surface area contributed by atoms with Gasteiger partial charge in [0.2, 0.25) is 0 Å². The zero-order valence-corrected chi connectivity index (χ0v) is 13.7. The lowest BCUT2D eigenvalue weighted by atomic mass is 10.1. The summed E-state index contributed by atoms with van der Waals surface area (Å²) in [5, 5.41) is 0. The van der Waals surface area contributed by atoms with Crippen LogP contribution < -0.4 is 0 Å². The Morgan fingerprint density at radius 1 is 1.26 bits per heavy atom. The monoisotopic (exact) mass is 326 g/mol. The summed E-state index contributed by atoms with van der Waals surface area (Å²) in [7, 11) is 1.69. The maximum Gasteiger partial charge on any atom is 0.256 e. The number of halogens is 2.